The van der Waals surface area contributed by atoms with Gasteiger partial charge < -0.3 is 19.7 Å². The van der Waals surface area contributed by atoms with Gasteiger partial charge in [0.05, 0.1) is 18.3 Å². The summed E-state index contributed by atoms with van der Waals surface area (Å²) in [6.07, 6.45) is 6.82. The van der Waals surface area contributed by atoms with Crippen LogP contribution >= 0.6 is 22.9 Å². The Kier molecular flexibility index (Phi) is 6.25. The smallest absolute Gasteiger partial charge is 0.322 e. The molecule has 3 heterocycles. The second-order valence-electron chi connectivity index (χ2n) is 10.2. The molecule has 1 atom stereocenters. The van der Waals surface area contributed by atoms with E-state index in [4.69, 9.17) is 11.6 Å². The van der Waals surface area contributed by atoms with Crippen molar-refractivity contribution in [2.75, 3.05) is 24.3 Å². The minimum atomic E-state index is -0.231. The summed E-state index contributed by atoms with van der Waals surface area (Å²) in [7, 11) is 4.08. The second-order valence-corrected chi connectivity index (χ2v) is 11.7. The highest BCUT2D eigenvalue weighted by Crippen LogP contribution is 2.44. The summed E-state index contributed by atoms with van der Waals surface area (Å²) in [5.74, 6) is 0. The van der Waals surface area contributed by atoms with Gasteiger partial charge in [-0.25, -0.2) is 4.79 Å². The van der Waals surface area contributed by atoms with Gasteiger partial charge in [-0.15, -0.1) is 11.3 Å². The first-order chi connectivity index (χ1) is 17.9. The lowest BCUT2D eigenvalue weighted by molar-refractivity contribution is 0.194. The SMILES string of the molecule is Cc1ccc(NC(=O)N2Cc3c(sc4c3CCCC4)-n3cccc3[C@@H]2c2ccc(N(C)C)cc2)cc1Cl. The molecule has 0 saturated carbocycles. The molecule has 1 N–H and O–H groups in total. The summed E-state index contributed by atoms with van der Waals surface area (Å²) in [4.78, 5) is 19.6. The number of aromatic nitrogens is 1. The summed E-state index contributed by atoms with van der Waals surface area (Å²) in [6, 6.07) is 18.1. The number of aryl methyl sites for hydroxylation is 2. The van der Waals surface area contributed by atoms with Gasteiger partial charge in [0.2, 0.25) is 0 Å². The van der Waals surface area contributed by atoms with Crippen LogP contribution in [0.25, 0.3) is 5.00 Å². The Hall–Kier alpha value is -3.22. The Morgan fingerprint density at radius 2 is 1.84 bits per heavy atom. The summed E-state index contributed by atoms with van der Waals surface area (Å²) in [5.41, 5.74) is 7.76. The molecule has 0 fully saturated rings. The number of hydrogen-bond donors (Lipinski definition) is 1. The molecule has 5 nitrogen and oxygen atoms in total. The molecule has 0 bridgehead atoms. The van der Waals surface area contributed by atoms with E-state index in [1.54, 1.807) is 0 Å². The zero-order chi connectivity index (χ0) is 25.7. The summed E-state index contributed by atoms with van der Waals surface area (Å²) in [6.45, 7) is 2.53. The molecule has 2 aromatic heterocycles. The topological polar surface area (TPSA) is 40.5 Å². The van der Waals surface area contributed by atoms with E-state index in [9.17, 15) is 4.79 Å². The van der Waals surface area contributed by atoms with E-state index in [-0.39, 0.29) is 12.1 Å². The van der Waals surface area contributed by atoms with Gasteiger partial charge in [-0.3, -0.25) is 0 Å². The number of carbonyl (C=O) groups is 1. The number of carbonyl (C=O) groups excluding carboxylic acids is 1. The molecular weight excluding hydrogens is 500 g/mol. The fourth-order valence-corrected chi connectivity index (χ4v) is 7.14. The van der Waals surface area contributed by atoms with Gasteiger partial charge in [-0.1, -0.05) is 29.8 Å². The Morgan fingerprint density at radius 1 is 1.05 bits per heavy atom. The van der Waals surface area contributed by atoms with Crippen molar-refractivity contribution in [1.29, 1.82) is 0 Å². The van der Waals surface area contributed by atoms with Crippen molar-refractivity contribution in [2.45, 2.75) is 45.2 Å². The molecule has 6 rings (SSSR count). The molecule has 37 heavy (non-hydrogen) atoms. The maximum atomic E-state index is 14.1. The number of thiophene rings is 1. The predicted octanol–water partition coefficient (Wildman–Crippen LogP) is 7.58. The third kappa shape index (κ3) is 4.32. The molecular formula is C30H31ClN4OS. The number of rotatable bonds is 3. The lowest BCUT2D eigenvalue weighted by atomic mass is 9.95. The molecule has 0 unspecified atom stereocenters. The van der Waals surface area contributed by atoms with Gasteiger partial charge in [0.25, 0.3) is 0 Å². The summed E-state index contributed by atoms with van der Waals surface area (Å²) < 4.78 is 2.32. The van der Waals surface area contributed by atoms with E-state index in [0.717, 1.165) is 35.3 Å². The van der Waals surface area contributed by atoms with Crippen LogP contribution in [-0.2, 0) is 19.4 Å². The fraction of sp³-hybridized carbons (Fsp3) is 0.300. The molecule has 1 aliphatic carbocycles. The Labute approximate surface area is 227 Å². The van der Waals surface area contributed by atoms with Crippen LogP contribution in [0, 0.1) is 6.92 Å². The number of nitrogens with zero attached hydrogens (tertiary/aromatic N) is 3. The molecule has 7 heteroatoms. The van der Waals surface area contributed by atoms with Gasteiger partial charge in [0.1, 0.15) is 5.00 Å². The number of halogens is 1. The van der Waals surface area contributed by atoms with Crippen molar-refractivity contribution in [2.24, 2.45) is 0 Å². The highest BCUT2D eigenvalue weighted by Gasteiger charge is 2.36. The van der Waals surface area contributed by atoms with Gasteiger partial charge in [-0.05, 0) is 85.7 Å². The van der Waals surface area contributed by atoms with E-state index in [1.807, 2.05) is 55.5 Å². The first-order valence-corrected chi connectivity index (χ1v) is 14.0. The number of hydrogen-bond acceptors (Lipinski definition) is 3. The van der Waals surface area contributed by atoms with E-state index in [0.29, 0.717) is 17.3 Å². The van der Waals surface area contributed by atoms with Crippen LogP contribution in [-0.4, -0.2) is 29.6 Å². The number of nitrogens with one attached hydrogen (secondary N) is 1. The van der Waals surface area contributed by atoms with Gasteiger partial charge in [0, 0.05) is 47.1 Å². The molecule has 2 amide bonds. The van der Waals surface area contributed by atoms with Crippen molar-refractivity contribution in [3.05, 3.63) is 98.6 Å². The number of benzene rings is 2. The van der Waals surface area contributed by atoms with Crippen molar-refractivity contribution >= 4 is 40.3 Å². The monoisotopic (exact) mass is 530 g/mol. The Bertz CT molecular complexity index is 1470. The lowest BCUT2D eigenvalue weighted by Gasteiger charge is -2.31. The van der Waals surface area contributed by atoms with Gasteiger partial charge >= 0.3 is 6.03 Å². The van der Waals surface area contributed by atoms with Crippen LogP contribution in [0.3, 0.4) is 0 Å². The number of urea groups is 1. The normalized spacial score (nSPS) is 16.4. The van der Waals surface area contributed by atoms with Crippen LogP contribution < -0.4 is 10.2 Å². The Balaban J connectivity index is 1.47. The second kappa shape index (κ2) is 9.58. The molecule has 2 aliphatic rings. The van der Waals surface area contributed by atoms with Crippen molar-refractivity contribution in [1.82, 2.24) is 9.47 Å². The van der Waals surface area contributed by atoms with Crippen molar-refractivity contribution in [3.8, 4) is 5.00 Å². The van der Waals surface area contributed by atoms with E-state index < -0.39 is 0 Å². The summed E-state index contributed by atoms with van der Waals surface area (Å²) >= 11 is 8.29. The van der Waals surface area contributed by atoms with Crippen LogP contribution in [0.2, 0.25) is 5.02 Å². The molecule has 2 aromatic carbocycles. The van der Waals surface area contributed by atoms with Crippen LogP contribution in [0.4, 0.5) is 16.2 Å². The average Bonchev–Trinajstić information content (AvgIpc) is 3.48. The lowest BCUT2D eigenvalue weighted by Crippen LogP contribution is -2.38. The standard InChI is InChI=1S/C30H31ClN4OS/c1-19-10-13-21(17-25(19)31)32-30(36)35-18-24-23-7-4-5-9-27(23)37-29(24)34-16-6-8-26(34)28(35)20-11-14-22(15-12-20)33(2)3/h6,8,10-17,28H,4-5,7,9,18H2,1-3H3,(H,32,36)/t28-/m0/s1. The molecule has 0 spiro atoms. The maximum absolute atomic E-state index is 14.1. The van der Waals surface area contributed by atoms with Crippen LogP contribution in [0.5, 0.6) is 0 Å². The minimum absolute atomic E-state index is 0.127. The average molecular weight is 531 g/mol. The highest BCUT2D eigenvalue weighted by atomic mass is 35.5. The first kappa shape index (κ1) is 24.1. The minimum Gasteiger partial charge on any atom is -0.378 e. The van der Waals surface area contributed by atoms with E-state index in [1.165, 1.54) is 33.8 Å². The molecule has 0 saturated heterocycles. The Morgan fingerprint density at radius 3 is 2.59 bits per heavy atom. The fourth-order valence-electron chi connectivity index (χ4n) is 5.56. The largest absolute Gasteiger partial charge is 0.378 e. The third-order valence-corrected chi connectivity index (χ3v) is 9.33. The van der Waals surface area contributed by atoms with Crippen molar-refractivity contribution in [3.63, 3.8) is 0 Å². The quantitative estimate of drug-likeness (QED) is 0.296. The van der Waals surface area contributed by atoms with E-state index in [2.05, 4.69) is 57.4 Å². The number of amides is 2. The van der Waals surface area contributed by atoms with Gasteiger partial charge in [-0.2, -0.15) is 0 Å². The number of anilines is 2. The van der Waals surface area contributed by atoms with Gasteiger partial charge in [0.15, 0.2) is 0 Å². The molecule has 4 aromatic rings. The van der Waals surface area contributed by atoms with Crippen molar-refractivity contribution < 1.29 is 4.79 Å². The first-order valence-electron chi connectivity index (χ1n) is 12.8. The maximum Gasteiger partial charge on any atom is 0.322 e. The highest BCUT2D eigenvalue weighted by molar-refractivity contribution is 7.15. The molecule has 1 aliphatic heterocycles. The summed E-state index contributed by atoms with van der Waals surface area (Å²) in [5, 5.41) is 5.06. The molecule has 0 radical (unpaired) electrons. The van der Waals surface area contributed by atoms with Crippen LogP contribution in [0.1, 0.15) is 51.7 Å². The van der Waals surface area contributed by atoms with Crippen LogP contribution in [0.15, 0.2) is 60.8 Å². The number of fused-ring (bicyclic) bond motifs is 5. The zero-order valence-electron chi connectivity index (χ0n) is 21.4. The molecule has 190 valence electrons. The predicted molar refractivity (Wildman–Crippen MR) is 154 cm³/mol. The third-order valence-electron chi connectivity index (χ3n) is 7.59. The van der Waals surface area contributed by atoms with E-state index >= 15 is 0 Å². The zero-order valence-corrected chi connectivity index (χ0v) is 23.0.